The third-order valence-electron chi connectivity index (χ3n) is 3.22. The lowest BCUT2D eigenvalue weighted by atomic mass is 10.2. The van der Waals surface area contributed by atoms with Crippen molar-refractivity contribution in [2.45, 2.75) is 13.5 Å². The van der Waals surface area contributed by atoms with Gasteiger partial charge >= 0.3 is 0 Å². The largest absolute Gasteiger partial charge is 0.437 e. The summed E-state index contributed by atoms with van der Waals surface area (Å²) in [4.78, 5) is 9.05. The number of hydrogen-bond acceptors (Lipinski definition) is 4. The van der Waals surface area contributed by atoms with Crippen molar-refractivity contribution in [1.29, 1.82) is 0 Å². The Morgan fingerprint density at radius 2 is 1.62 bits per heavy atom. The van der Waals surface area contributed by atoms with Crippen LogP contribution in [0.2, 0.25) is 0 Å². The molecular formula is C17H17N3O. The first kappa shape index (κ1) is 13.5. The van der Waals surface area contributed by atoms with E-state index in [-0.39, 0.29) is 0 Å². The van der Waals surface area contributed by atoms with E-state index in [4.69, 9.17) is 4.74 Å². The first-order valence-corrected chi connectivity index (χ1v) is 6.91. The summed E-state index contributed by atoms with van der Waals surface area (Å²) in [6.45, 7) is 2.75. The van der Waals surface area contributed by atoms with Crippen molar-refractivity contribution >= 4 is 11.0 Å². The number of nitrogens with zero attached hydrogens (tertiary/aromatic N) is 2. The van der Waals surface area contributed by atoms with Crippen molar-refractivity contribution in [3.8, 4) is 11.6 Å². The standard InChI is InChI=1S/C17H17N3O/c1-12-17(20-16-6-4-3-5-15(16)19-12)21-14-9-7-13(8-10-14)11-18-2/h3-10,18H,11H2,1-2H3. The van der Waals surface area contributed by atoms with Gasteiger partial charge in [0.1, 0.15) is 11.4 Å². The molecule has 0 saturated heterocycles. The number of benzene rings is 2. The van der Waals surface area contributed by atoms with Gasteiger partial charge in [-0.25, -0.2) is 9.97 Å². The predicted octanol–water partition coefficient (Wildman–Crippen LogP) is 3.45. The van der Waals surface area contributed by atoms with Gasteiger partial charge < -0.3 is 10.1 Å². The Labute approximate surface area is 123 Å². The molecular weight excluding hydrogens is 262 g/mol. The van der Waals surface area contributed by atoms with Gasteiger partial charge in [0, 0.05) is 6.54 Å². The Bertz CT molecular complexity index is 754. The van der Waals surface area contributed by atoms with Gasteiger partial charge in [0.15, 0.2) is 0 Å². The van der Waals surface area contributed by atoms with Crippen LogP contribution >= 0.6 is 0 Å². The van der Waals surface area contributed by atoms with Crippen molar-refractivity contribution in [3.63, 3.8) is 0 Å². The normalized spacial score (nSPS) is 10.8. The number of hydrogen-bond donors (Lipinski definition) is 1. The summed E-state index contributed by atoms with van der Waals surface area (Å²) in [6.07, 6.45) is 0. The van der Waals surface area contributed by atoms with Crippen LogP contribution < -0.4 is 10.1 Å². The first-order valence-electron chi connectivity index (χ1n) is 6.91. The van der Waals surface area contributed by atoms with Crippen LogP contribution in [-0.2, 0) is 6.54 Å². The van der Waals surface area contributed by atoms with E-state index in [2.05, 4.69) is 15.3 Å². The van der Waals surface area contributed by atoms with Crippen molar-refractivity contribution in [2.24, 2.45) is 0 Å². The Morgan fingerprint density at radius 1 is 0.952 bits per heavy atom. The number of nitrogens with one attached hydrogen (secondary N) is 1. The van der Waals surface area contributed by atoms with E-state index < -0.39 is 0 Å². The molecule has 0 aliphatic heterocycles. The van der Waals surface area contributed by atoms with Crippen LogP contribution in [0.15, 0.2) is 48.5 Å². The zero-order chi connectivity index (χ0) is 14.7. The number of aryl methyl sites for hydroxylation is 1. The minimum Gasteiger partial charge on any atom is -0.437 e. The maximum atomic E-state index is 5.86. The minimum atomic E-state index is 0.551. The second-order valence-corrected chi connectivity index (χ2v) is 4.88. The van der Waals surface area contributed by atoms with Gasteiger partial charge in [-0.1, -0.05) is 24.3 Å². The van der Waals surface area contributed by atoms with Gasteiger partial charge in [-0.05, 0) is 43.8 Å². The molecule has 0 aliphatic carbocycles. The molecule has 0 amide bonds. The topological polar surface area (TPSA) is 47.0 Å². The average molecular weight is 279 g/mol. The molecule has 1 N–H and O–H groups in total. The summed E-state index contributed by atoms with van der Waals surface area (Å²) in [5.74, 6) is 1.32. The van der Waals surface area contributed by atoms with Gasteiger partial charge in [0.2, 0.25) is 5.88 Å². The summed E-state index contributed by atoms with van der Waals surface area (Å²) < 4.78 is 5.86. The van der Waals surface area contributed by atoms with E-state index in [0.717, 1.165) is 29.0 Å². The van der Waals surface area contributed by atoms with Gasteiger partial charge in [-0.3, -0.25) is 0 Å². The highest BCUT2D eigenvalue weighted by atomic mass is 16.5. The van der Waals surface area contributed by atoms with E-state index in [9.17, 15) is 0 Å². The van der Waals surface area contributed by atoms with Crippen molar-refractivity contribution in [2.75, 3.05) is 7.05 Å². The fourth-order valence-electron chi connectivity index (χ4n) is 2.16. The highest BCUT2D eigenvalue weighted by molar-refractivity contribution is 5.74. The molecule has 0 fully saturated rings. The fraction of sp³-hybridized carbons (Fsp3) is 0.176. The van der Waals surface area contributed by atoms with Gasteiger partial charge in [-0.2, -0.15) is 0 Å². The van der Waals surface area contributed by atoms with Gasteiger partial charge in [0.25, 0.3) is 0 Å². The monoisotopic (exact) mass is 279 g/mol. The third kappa shape index (κ3) is 3.01. The molecule has 1 heterocycles. The Morgan fingerprint density at radius 3 is 2.29 bits per heavy atom. The second-order valence-electron chi connectivity index (χ2n) is 4.88. The number of aromatic nitrogens is 2. The molecule has 2 aromatic carbocycles. The van der Waals surface area contributed by atoms with E-state index in [0.29, 0.717) is 5.88 Å². The van der Waals surface area contributed by atoms with Crippen LogP contribution in [0.3, 0.4) is 0 Å². The Kier molecular flexibility index (Phi) is 3.79. The summed E-state index contributed by atoms with van der Waals surface area (Å²) in [6, 6.07) is 15.8. The average Bonchev–Trinajstić information content (AvgIpc) is 2.50. The molecule has 4 nitrogen and oxygen atoms in total. The first-order chi connectivity index (χ1) is 10.3. The van der Waals surface area contributed by atoms with Crippen molar-refractivity contribution in [1.82, 2.24) is 15.3 Å². The van der Waals surface area contributed by atoms with Crippen LogP contribution in [-0.4, -0.2) is 17.0 Å². The minimum absolute atomic E-state index is 0.551. The van der Waals surface area contributed by atoms with E-state index >= 15 is 0 Å². The highest BCUT2D eigenvalue weighted by Gasteiger charge is 2.07. The van der Waals surface area contributed by atoms with Crippen molar-refractivity contribution < 1.29 is 4.74 Å². The number of rotatable bonds is 4. The summed E-state index contributed by atoms with van der Waals surface area (Å²) in [7, 11) is 1.93. The maximum Gasteiger partial charge on any atom is 0.241 e. The third-order valence-corrected chi connectivity index (χ3v) is 3.22. The maximum absolute atomic E-state index is 5.86. The Hall–Kier alpha value is -2.46. The lowest BCUT2D eigenvalue weighted by molar-refractivity contribution is 0.458. The number of para-hydroxylation sites is 2. The molecule has 4 heteroatoms. The molecule has 0 radical (unpaired) electrons. The smallest absolute Gasteiger partial charge is 0.241 e. The van der Waals surface area contributed by atoms with Crippen LogP contribution in [0.25, 0.3) is 11.0 Å². The second kappa shape index (κ2) is 5.89. The quantitative estimate of drug-likeness (QED) is 0.794. The molecule has 0 bridgehead atoms. The van der Waals surface area contributed by atoms with Gasteiger partial charge in [-0.15, -0.1) is 0 Å². The van der Waals surface area contributed by atoms with E-state index in [1.165, 1.54) is 5.56 Å². The van der Waals surface area contributed by atoms with E-state index in [1.807, 2.05) is 62.5 Å². The molecule has 0 unspecified atom stereocenters. The molecule has 1 aromatic heterocycles. The number of ether oxygens (including phenoxy) is 1. The molecule has 0 saturated carbocycles. The number of fused-ring (bicyclic) bond motifs is 1. The van der Waals surface area contributed by atoms with Crippen LogP contribution in [0, 0.1) is 6.92 Å². The molecule has 21 heavy (non-hydrogen) atoms. The summed E-state index contributed by atoms with van der Waals surface area (Å²) >= 11 is 0. The van der Waals surface area contributed by atoms with E-state index in [1.54, 1.807) is 0 Å². The molecule has 3 aromatic rings. The molecule has 106 valence electrons. The molecule has 0 aliphatic rings. The fourth-order valence-corrected chi connectivity index (χ4v) is 2.16. The van der Waals surface area contributed by atoms with Gasteiger partial charge in [0.05, 0.1) is 11.0 Å². The predicted molar refractivity (Wildman–Crippen MR) is 83.6 cm³/mol. The van der Waals surface area contributed by atoms with Crippen molar-refractivity contribution in [3.05, 3.63) is 59.8 Å². The lowest BCUT2D eigenvalue weighted by Crippen LogP contribution is -2.04. The molecule has 0 atom stereocenters. The highest BCUT2D eigenvalue weighted by Crippen LogP contribution is 2.24. The molecule has 3 rings (SSSR count). The summed E-state index contributed by atoms with van der Waals surface area (Å²) in [5, 5.41) is 3.12. The Balaban J connectivity index is 1.88. The zero-order valence-electron chi connectivity index (χ0n) is 12.1. The summed E-state index contributed by atoms with van der Waals surface area (Å²) in [5.41, 5.74) is 3.72. The van der Waals surface area contributed by atoms with Crippen LogP contribution in [0.4, 0.5) is 0 Å². The van der Waals surface area contributed by atoms with Crippen LogP contribution in [0.1, 0.15) is 11.3 Å². The lowest BCUT2D eigenvalue weighted by Gasteiger charge is -2.09. The SMILES string of the molecule is CNCc1ccc(Oc2nc3ccccc3nc2C)cc1. The zero-order valence-corrected chi connectivity index (χ0v) is 12.1. The van der Waals surface area contributed by atoms with Crippen LogP contribution in [0.5, 0.6) is 11.6 Å². The molecule has 0 spiro atoms.